The summed E-state index contributed by atoms with van der Waals surface area (Å²) in [5, 5.41) is 7.63. The van der Waals surface area contributed by atoms with Crippen LogP contribution >= 0.6 is 11.3 Å². The summed E-state index contributed by atoms with van der Waals surface area (Å²) in [5.41, 5.74) is 11.5. The van der Waals surface area contributed by atoms with Crippen LogP contribution in [0.25, 0.3) is 42.8 Å². The highest BCUT2D eigenvalue weighted by molar-refractivity contribution is 7.23. The number of nitrogen functional groups attached to an aromatic ring is 1. The minimum Gasteiger partial charge on any atom is -0.421 e. The number of nitrogens with one attached hydrogen (secondary N) is 1. The third-order valence-corrected chi connectivity index (χ3v) is 8.35. The fraction of sp³-hybridized carbons (Fsp3) is 0.121. The number of ether oxygens (including phenoxy) is 1. The number of pyridine rings is 1. The van der Waals surface area contributed by atoms with E-state index in [9.17, 15) is 9.18 Å². The monoisotopic (exact) mass is 623 g/mol. The number of nitrogens with zero attached hydrogens (tertiary/aromatic N) is 5. The number of aryl methyl sites for hydroxylation is 2. The summed E-state index contributed by atoms with van der Waals surface area (Å²) in [6, 6.07) is 11.2. The molecule has 6 aromatic rings. The maximum Gasteiger partial charge on any atom is 0.322 e. The van der Waals surface area contributed by atoms with E-state index in [2.05, 4.69) is 31.9 Å². The fourth-order valence-electron chi connectivity index (χ4n) is 4.91. The molecule has 6 rings (SSSR count). The Hall–Kier alpha value is -5.49. The Bertz CT molecular complexity index is 2120. The minimum absolute atomic E-state index is 0.0179. The summed E-state index contributed by atoms with van der Waals surface area (Å²) in [6.07, 6.45) is 6.78. The van der Waals surface area contributed by atoms with Crippen LogP contribution in [0.5, 0.6) is 11.8 Å². The lowest BCUT2D eigenvalue weighted by atomic mass is 9.95. The molecule has 9 nitrogen and oxygen atoms in total. The first-order chi connectivity index (χ1) is 21.6. The lowest BCUT2D eigenvalue weighted by molar-refractivity contribution is -0.112. The predicted molar refractivity (Wildman–Crippen MR) is 172 cm³/mol. The molecule has 0 saturated carbocycles. The van der Waals surface area contributed by atoms with Crippen LogP contribution in [0.3, 0.4) is 0 Å². The molecule has 226 valence electrons. The van der Waals surface area contributed by atoms with E-state index in [1.165, 1.54) is 29.7 Å². The molecule has 45 heavy (non-hydrogen) atoms. The first kappa shape index (κ1) is 29.6. The van der Waals surface area contributed by atoms with Crippen molar-refractivity contribution in [3.8, 4) is 44.5 Å². The van der Waals surface area contributed by atoms with Gasteiger partial charge in [0.15, 0.2) is 11.6 Å². The second-order valence-corrected chi connectivity index (χ2v) is 11.5. The van der Waals surface area contributed by atoms with Gasteiger partial charge < -0.3 is 15.8 Å². The van der Waals surface area contributed by atoms with Crippen molar-refractivity contribution in [3.63, 3.8) is 0 Å². The van der Waals surface area contributed by atoms with Crippen LogP contribution in [-0.4, -0.2) is 30.6 Å². The average molecular weight is 624 g/mol. The van der Waals surface area contributed by atoms with Gasteiger partial charge in [-0.05, 0) is 60.9 Å². The summed E-state index contributed by atoms with van der Waals surface area (Å²) < 4.78 is 38.4. The second-order valence-electron chi connectivity index (χ2n) is 10.4. The molecule has 2 aromatic carbocycles. The van der Waals surface area contributed by atoms with Gasteiger partial charge >= 0.3 is 6.01 Å². The van der Waals surface area contributed by atoms with Crippen LogP contribution in [0.1, 0.15) is 18.2 Å². The molecule has 0 spiro atoms. The van der Waals surface area contributed by atoms with Gasteiger partial charge in [0, 0.05) is 74.2 Å². The molecule has 0 unspecified atom stereocenters. The molecule has 0 aliphatic carbocycles. The zero-order chi connectivity index (χ0) is 31.8. The van der Waals surface area contributed by atoms with E-state index in [-0.39, 0.29) is 23.5 Å². The largest absolute Gasteiger partial charge is 0.421 e. The number of anilines is 2. The lowest BCUT2D eigenvalue weighted by Crippen LogP contribution is -2.12. The number of amides is 1. The predicted octanol–water partition coefficient (Wildman–Crippen LogP) is 7.63. The maximum atomic E-state index is 15.7. The Kier molecular flexibility index (Phi) is 7.81. The van der Waals surface area contributed by atoms with E-state index in [1.807, 2.05) is 13.2 Å². The number of aromatic nitrogens is 5. The van der Waals surface area contributed by atoms with Crippen molar-refractivity contribution in [1.82, 2.24) is 24.7 Å². The summed E-state index contributed by atoms with van der Waals surface area (Å²) >= 11 is 1.39. The topological polar surface area (TPSA) is 121 Å². The van der Waals surface area contributed by atoms with Crippen molar-refractivity contribution in [2.45, 2.75) is 20.5 Å². The Morgan fingerprint density at radius 1 is 1.11 bits per heavy atom. The van der Waals surface area contributed by atoms with E-state index in [0.717, 1.165) is 15.8 Å². The number of fused-ring (bicyclic) bond motifs is 1. The number of benzene rings is 2. The van der Waals surface area contributed by atoms with Gasteiger partial charge in [0.2, 0.25) is 0 Å². The molecular weight excluding hydrogens is 596 g/mol. The van der Waals surface area contributed by atoms with Gasteiger partial charge in [-0.15, -0.1) is 11.3 Å². The van der Waals surface area contributed by atoms with Crippen molar-refractivity contribution in [1.29, 1.82) is 0 Å². The lowest BCUT2D eigenvalue weighted by Gasteiger charge is -2.13. The van der Waals surface area contributed by atoms with Crippen molar-refractivity contribution in [2.75, 3.05) is 11.1 Å². The Morgan fingerprint density at radius 3 is 2.62 bits per heavy atom. The number of halogens is 2. The van der Waals surface area contributed by atoms with Gasteiger partial charge in [-0.1, -0.05) is 18.7 Å². The third-order valence-electron chi connectivity index (χ3n) is 7.09. The molecule has 0 fully saturated rings. The van der Waals surface area contributed by atoms with E-state index in [1.54, 1.807) is 61.3 Å². The quantitative estimate of drug-likeness (QED) is 0.167. The van der Waals surface area contributed by atoms with Gasteiger partial charge in [0.1, 0.15) is 12.5 Å². The molecule has 1 amide bonds. The molecular formula is C33H27F2N7O2S. The summed E-state index contributed by atoms with van der Waals surface area (Å²) in [6.45, 7) is 6.21. The molecule has 0 aliphatic heterocycles. The van der Waals surface area contributed by atoms with Gasteiger partial charge in [-0.3, -0.25) is 9.48 Å². The van der Waals surface area contributed by atoms with Crippen LogP contribution in [-0.2, 0) is 18.5 Å². The number of carbonyl (C=O) groups excluding carboxylic acids is 1. The molecule has 0 aliphatic rings. The summed E-state index contributed by atoms with van der Waals surface area (Å²) in [5.74, 6) is -0.851. The molecule has 0 saturated heterocycles. The number of hydrogen-bond acceptors (Lipinski definition) is 8. The molecule has 3 N–H and O–H groups in total. The molecule has 4 aromatic heterocycles. The van der Waals surface area contributed by atoms with Gasteiger partial charge in [0.05, 0.1) is 6.20 Å². The number of thiophene rings is 1. The number of rotatable bonds is 8. The maximum absolute atomic E-state index is 15.7. The smallest absolute Gasteiger partial charge is 0.322 e. The zero-order valence-electron chi connectivity index (χ0n) is 24.6. The SMILES string of the molecule is C=C(C)C(=O)Nc1ccc(-c2sc3c(-c4cnn(C)c4)cnc(N)c3c2-c2ccc(Oc3nccc(C)n3)c(F)c2)c(CF)c1. The van der Waals surface area contributed by atoms with Gasteiger partial charge in [0.25, 0.3) is 5.91 Å². The first-order valence-electron chi connectivity index (χ1n) is 13.8. The molecule has 0 radical (unpaired) electrons. The van der Waals surface area contributed by atoms with Crippen molar-refractivity contribution >= 4 is 38.8 Å². The van der Waals surface area contributed by atoms with Gasteiger partial charge in [-0.25, -0.2) is 23.7 Å². The molecule has 12 heteroatoms. The van der Waals surface area contributed by atoms with Crippen LogP contribution in [0.15, 0.2) is 79.4 Å². The highest BCUT2D eigenvalue weighted by Crippen LogP contribution is 2.50. The average Bonchev–Trinajstić information content (AvgIpc) is 3.63. The summed E-state index contributed by atoms with van der Waals surface area (Å²) in [7, 11) is 1.81. The Labute approximate surface area is 261 Å². The number of hydrogen-bond donors (Lipinski definition) is 2. The van der Waals surface area contributed by atoms with E-state index in [0.29, 0.717) is 49.5 Å². The van der Waals surface area contributed by atoms with E-state index >= 15 is 4.39 Å². The fourth-order valence-corrected chi connectivity index (χ4v) is 6.33. The highest BCUT2D eigenvalue weighted by atomic mass is 32.1. The van der Waals surface area contributed by atoms with Crippen molar-refractivity contribution in [3.05, 3.63) is 96.5 Å². The number of alkyl halides is 1. The van der Waals surface area contributed by atoms with E-state index in [4.69, 9.17) is 10.5 Å². The van der Waals surface area contributed by atoms with Gasteiger partial charge in [-0.2, -0.15) is 5.10 Å². The van der Waals surface area contributed by atoms with Crippen LogP contribution in [0.4, 0.5) is 20.3 Å². The Balaban J connectivity index is 1.56. The summed E-state index contributed by atoms with van der Waals surface area (Å²) in [4.78, 5) is 25.6. The second kappa shape index (κ2) is 11.9. The van der Waals surface area contributed by atoms with E-state index < -0.39 is 12.5 Å². The number of carbonyl (C=O) groups is 1. The van der Waals surface area contributed by atoms with Crippen LogP contribution < -0.4 is 15.8 Å². The van der Waals surface area contributed by atoms with Crippen LogP contribution in [0, 0.1) is 12.7 Å². The third kappa shape index (κ3) is 5.75. The number of nitrogens with two attached hydrogens (primary N) is 1. The molecule has 0 bridgehead atoms. The highest BCUT2D eigenvalue weighted by Gasteiger charge is 2.24. The van der Waals surface area contributed by atoms with Crippen molar-refractivity contribution in [2.24, 2.45) is 7.05 Å². The van der Waals surface area contributed by atoms with Crippen LogP contribution in [0.2, 0.25) is 0 Å². The zero-order valence-corrected chi connectivity index (χ0v) is 25.4. The minimum atomic E-state index is -0.819. The molecule has 4 heterocycles. The normalized spacial score (nSPS) is 11.1. The molecule has 0 atom stereocenters. The standard InChI is InChI=1S/C33H27F2N7O2S/c1-17(2)32(43)41-22-6-7-23(20(11-22)13-34)29-27(19-5-8-26(25(35)12-19)44-33-37-10-9-18(3)40-33)28-30(45-29)24(15-38-31(28)36)21-14-39-42(4)16-21/h5-12,14-16H,1,13H2,2-4H3,(H2,36,38)(H,41,43). The Morgan fingerprint density at radius 2 is 1.93 bits per heavy atom. The first-order valence-corrected chi connectivity index (χ1v) is 14.6. The van der Waals surface area contributed by atoms with Crippen molar-refractivity contribution < 1.29 is 18.3 Å².